The molecule has 1 amide bonds. The van der Waals surface area contributed by atoms with Crippen molar-refractivity contribution < 1.29 is 9.53 Å². The number of rotatable bonds is 6. The molecule has 1 fully saturated rings. The summed E-state index contributed by atoms with van der Waals surface area (Å²) in [6.45, 7) is 0.939. The summed E-state index contributed by atoms with van der Waals surface area (Å²) in [5.74, 6) is 1.14. The third-order valence-electron chi connectivity index (χ3n) is 3.48. The molecule has 21 heavy (non-hydrogen) atoms. The van der Waals surface area contributed by atoms with E-state index in [4.69, 9.17) is 10.5 Å². The summed E-state index contributed by atoms with van der Waals surface area (Å²) < 4.78 is 5.05. The molecule has 3 N–H and O–H groups in total. The van der Waals surface area contributed by atoms with Crippen LogP contribution in [0.5, 0.6) is 5.75 Å². The Morgan fingerprint density at radius 2 is 2.10 bits per heavy atom. The molecule has 0 heterocycles. The first-order chi connectivity index (χ1) is 10.1. The molecule has 0 radical (unpaired) electrons. The highest BCUT2D eigenvalue weighted by Crippen LogP contribution is 2.24. The first-order valence-electron chi connectivity index (χ1n) is 7.07. The van der Waals surface area contributed by atoms with E-state index in [1.165, 1.54) is 12.8 Å². The van der Waals surface area contributed by atoms with Crippen LogP contribution in [-0.2, 0) is 0 Å². The molecule has 1 aliphatic rings. The molecule has 2 rings (SSSR count). The largest absolute Gasteiger partial charge is 0.497 e. The Labute approximate surface area is 125 Å². The van der Waals surface area contributed by atoms with Crippen molar-refractivity contribution in [2.45, 2.75) is 18.9 Å². The summed E-state index contributed by atoms with van der Waals surface area (Å²) >= 11 is 0. The van der Waals surface area contributed by atoms with Crippen molar-refractivity contribution in [2.75, 3.05) is 27.2 Å². The van der Waals surface area contributed by atoms with Crippen LogP contribution in [0.1, 0.15) is 23.2 Å². The summed E-state index contributed by atoms with van der Waals surface area (Å²) in [5, 5.41) is 2.81. The fraction of sp³-hybridized carbons (Fsp3) is 0.467. The van der Waals surface area contributed by atoms with Crippen LogP contribution in [-0.4, -0.2) is 50.1 Å². The number of hydrogen-bond donors (Lipinski definition) is 2. The molecule has 0 saturated heterocycles. The molecule has 1 saturated carbocycles. The average molecular weight is 290 g/mol. The van der Waals surface area contributed by atoms with Gasteiger partial charge in [-0.05, 0) is 37.1 Å². The molecule has 1 aliphatic carbocycles. The van der Waals surface area contributed by atoms with Crippen LogP contribution in [0.4, 0.5) is 0 Å². The number of carbonyl (C=O) groups excluding carboxylic acids is 1. The normalized spacial score (nSPS) is 14.7. The maximum atomic E-state index is 11.9. The standard InChI is InChI=1S/C15H22N4O2/c1-19(12-5-6-12)15(16)18-10-9-17-14(20)11-3-7-13(21-2)8-4-11/h3-4,7-8,12H,5-6,9-10H2,1-2H3,(H2,16,18)(H,17,20). The highest BCUT2D eigenvalue weighted by atomic mass is 16.5. The molecule has 0 bridgehead atoms. The van der Waals surface area contributed by atoms with Crippen molar-refractivity contribution in [3.05, 3.63) is 29.8 Å². The van der Waals surface area contributed by atoms with Gasteiger partial charge in [0.1, 0.15) is 5.75 Å². The molecule has 0 unspecified atom stereocenters. The maximum Gasteiger partial charge on any atom is 0.251 e. The average Bonchev–Trinajstić information content (AvgIpc) is 3.35. The summed E-state index contributed by atoms with van der Waals surface area (Å²) in [7, 11) is 3.54. The smallest absolute Gasteiger partial charge is 0.251 e. The fourth-order valence-corrected chi connectivity index (χ4v) is 1.94. The zero-order chi connectivity index (χ0) is 15.2. The monoisotopic (exact) mass is 290 g/mol. The van der Waals surface area contributed by atoms with Crippen molar-refractivity contribution in [1.82, 2.24) is 10.2 Å². The molecule has 1 aromatic carbocycles. The number of methoxy groups -OCH3 is 1. The topological polar surface area (TPSA) is 79.9 Å². The lowest BCUT2D eigenvalue weighted by atomic mass is 10.2. The van der Waals surface area contributed by atoms with Crippen molar-refractivity contribution in [2.24, 2.45) is 10.7 Å². The minimum atomic E-state index is -0.123. The Hall–Kier alpha value is -2.24. The number of nitrogens with zero attached hydrogens (tertiary/aromatic N) is 2. The second-order valence-electron chi connectivity index (χ2n) is 5.07. The van der Waals surface area contributed by atoms with Gasteiger partial charge >= 0.3 is 0 Å². The van der Waals surface area contributed by atoms with Crippen LogP contribution in [0.2, 0.25) is 0 Å². The van der Waals surface area contributed by atoms with Gasteiger partial charge in [-0.15, -0.1) is 0 Å². The molecule has 6 heteroatoms. The second-order valence-corrected chi connectivity index (χ2v) is 5.07. The number of nitrogens with two attached hydrogens (primary N) is 1. The number of amides is 1. The van der Waals surface area contributed by atoms with E-state index in [0.29, 0.717) is 30.7 Å². The molecule has 6 nitrogen and oxygen atoms in total. The van der Waals surface area contributed by atoms with E-state index < -0.39 is 0 Å². The van der Waals surface area contributed by atoms with E-state index in [1.54, 1.807) is 31.4 Å². The van der Waals surface area contributed by atoms with Gasteiger partial charge in [0.15, 0.2) is 5.96 Å². The molecular weight excluding hydrogens is 268 g/mol. The van der Waals surface area contributed by atoms with Gasteiger partial charge < -0.3 is 20.7 Å². The SMILES string of the molecule is COc1ccc(C(=O)NCCN=C(N)N(C)C2CC2)cc1. The van der Waals surface area contributed by atoms with E-state index >= 15 is 0 Å². The van der Waals surface area contributed by atoms with E-state index in [-0.39, 0.29) is 5.91 Å². The zero-order valence-corrected chi connectivity index (χ0v) is 12.5. The number of carbonyl (C=O) groups is 1. The van der Waals surface area contributed by atoms with Crippen LogP contribution in [0.3, 0.4) is 0 Å². The van der Waals surface area contributed by atoms with E-state index in [9.17, 15) is 4.79 Å². The van der Waals surface area contributed by atoms with Crippen LogP contribution < -0.4 is 15.8 Å². The zero-order valence-electron chi connectivity index (χ0n) is 12.5. The summed E-state index contributed by atoms with van der Waals surface area (Å²) in [6, 6.07) is 7.52. The summed E-state index contributed by atoms with van der Waals surface area (Å²) in [6.07, 6.45) is 2.36. The van der Waals surface area contributed by atoms with Gasteiger partial charge in [0, 0.05) is 25.2 Å². The van der Waals surface area contributed by atoms with Gasteiger partial charge in [-0.1, -0.05) is 0 Å². The number of guanidine groups is 1. The molecule has 0 spiro atoms. The Kier molecular flexibility index (Phi) is 5.03. The summed E-state index contributed by atoms with van der Waals surface area (Å²) in [4.78, 5) is 18.2. The first-order valence-corrected chi connectivity index (χ1v) is 7.07. The highest BCUT2D eigenvalue weighted by molar-refractivity contribution is 5.94. The van der Waals surface area contributed by atoms with Crippen molar-refractivity contribution >= 4 is 11.9 Å². The number of nitrogens with one attached hydrogen (secondary N) is 1. The van der Waals surface area contributed by atoms with E-state index in [0.717, 1.165) is 5.75 Å². The van der Waals surface area contributed by atoms with Gasteiger partial charge in [-0.3, -0.25) is 9.79 Å². The third kappa shape index (κ3) is 4.37. The van der Waals surface area contributed by atoms with E-state index in [2.05, 4.69) is 10.3 Å². The Bertz CT molecular complexity index is 509. The molecule has 1 aromatic rings. The fourth-order valence-electron chi connectivity index (χ4n) is 1.94. The molecule has 114 valence electrons. The molecule has 0 aliphatic heterocycles. The number of ether oxygens (including phenoxy) is 1. The van der Waals surface area contributed by atoms with Crippen LogP contribution >= 0.6 is 0 Å². The quantitative estimate of drug-likeness (QED) is 0.462. The van der Waals surface area contributed by atoms with Gasteiger partial charge in [0.25, 0.3) is 5.91 Å². The van der Waals surface area contributed by atoms with Gasteiger partial charge in [-0.25, -0.2) is 0 Å². The van der Waals surface area contributed by atoms with Crippen molar-refractivity contribution in [3.8, 4) is 5.75 Å². The van der Waals surface area contributed by atoms with Crippen LogP contribution in [0.25, 0.3) is 0 Å². The van der Waals surface area contributed by atoms with Crippen LogP contribution in [0, 0.1) is 0 Å². The minimum Gasteiger partial charge on any atom is -0.497 e. The molecular formula is C15H22N4O2. The number of aliphatic imine (C=N–C) groups is 1. The second kappa shape index (κ2) is 6.97. The third-order valence-corrected chi connectivity index (χ3v) is 3.48. The lowest BCUT2D eigenvalue weighted by Crippen LogP contribution is -2.36. The number of benzene rings is 1. The minimum absolute atomic E-state index is 0.123. The molecule has 0 aromatic heterocycles. The predicted molar refractivity (Wildman–Crippen MR) is 82.6 cm³/mol. The van der Waals surface area contributed by atoms with E-state index in [1.807, 2.05) is 11.9 Å². The maximum absolute atomic E-state index is 11.9. The Morgan fingerprint density at radius 3 is 2.67 bits per heavy atom. The van der Waals surface area contributed by atoms with Gasteiger partial charge in [-0.2, -0.15) is 0 Å². The lowest BCUT2D eigenvalue weighted by molar-refractivity contribution is 0.0955. The molecule has 0 atom stereocenters. The number of hydrogen-bond acceptors (Lipinski definition) is 3. The van der Waals surface area contributed by atoms with Gasteiger partial charge in [0.2, 0.25) is 0 Å². The van der Waals surface area contributed by atoms with Crippen molar-refractivity contribution in [3.63, 3.8) is 0 Å². The summed E-state index contributed by atoms with van der Waals surface area (Å²) in [5.41, 5.74) is 6.47. The van der Waals surface area contributed by atoms with Gasteiger partial charge in [0.05, 0.1) is 13.7 Å². The lowest BCUT2D eigenvalue weighted by Gasteiger charge is -2.16. The Morgan fingerprint density at radius 1 is 1.43 bits per heavy atom. The van der Waals surface area contributed by atoms with Crippen molar-refractivity contribution in [1.29, 1.82) is 0 Å². The van der Waals surface area contributed by atoms with Crippen LogP contribution in [0.15, 0.2) is 29.3 Å². The highest BCUT2D eigenvalue weighted by Gasteiger charge is 2.27. The first kappa shape index (κ1) is 15.2. The predicted octanol–water partition coefficient (Wildman–Crippen LogP) is 0.834. The Balaban J connectivity index is 1.74.